The number of amides is 2. The van der Waals surface area contributed by atoms with Crippen LogP contribution < -0.4 is 21.9 Å². The Kier molecular flexibility index (Phi) is 8.77. The lowest BCUT2D eigenvalue weighted by Gasteiger charge is -2.31. The Labute approximate surface area is 207 Å². The van der Waals surface area contributed by atoms with E-state index in [1.54, 1.807) is 9.47 Å². The van der Waals surface area contributed by atoms with Crippen LogP contribution in [0.4, 0.5) is 4.79 Å². The van der Waals surface area contributed by atoms with Crippen LogP contribution in [-0.2, 0) is 4.79 Å². The molecule has 35 heavy (non-hydrogen) atoms. The first-order valence-electron chi connectivity index (χ1n) is 10.7. The molecule has 12 heteroatoms. The number of para-hydroxylation sites is 2. The number of carbonyl (C=O) groups excluding carboxylic acids is 2. The number of ether oxygens (including phenoxy) is 1. The fourth-order valence-corrected chi connectivity index (χ4v) is 3.59. The van der Waals surface area contributed by atoms with Crippen molar-refractivity contribution in [3.63, 3.8) is 0 Å². The van der Waals surface area contributed by atoms with E-state index in [2.05, 4.69) is 4.98 Å². The minimum Gasteiger partial charge on any atom is -0.504 e. The number of primary amides is 1. The molecule has 0 aliphatic carbocycles. The van der Waals surface area contributed by atoms with Crippen LogP contribution in [0.1, 0.15) is 32.7 Å². The molecule has 0 spiro atoms. The number of aromatic nitrogens is 2. The van der Waals surface area contributed by atoms with Gasteiger partial charge in [-0.25, -0.2) is 14.4 Å². The van der Waals surface area contributed by atoms with Gasteiger partial charge >= 0.3 is 17.7 Å². The summed E-state index contributed by atoms with van der Waals surface area (Å²) in [5.41, 5.74) is 11.4. The van der Waals surface area contributed by atoms with Gasteiger partial charge in [0.15, 0.2) is 11.5 Å². The topological polar surface area (TPSA) is 177 Å². The number of rotatable bonds is 3. The fraction of sp³-hybridized carbons (Fsp3) is 0.348. The quantitative estimate of drug-likeness (QED) is 0.205. The predicted molar refractivity (Wildman–Crippen MR) is 133 cm³/mol. The molecular weight excluding hydrogens is 478 g/mol. The number of aromatic hydroxyl groups is 2. The third kappa shape index (κ3) is 6.67. The zero-order valence-corrected chi connectivity index (χ0v) is 20.2. The van der Waals surface area contributed by atoms with Gasteiger partial charge in [0, 0.05) is 25.2 Å². The molecule has 1 aromatic heterocycles. The number of imidazole rings is 1. The maximum atomic E-state index is 12.1. The highest BCUT2D eigenvalue weighted by molar-refractivity contribution is 5.85. The molecule has 1 aliphatic rings. The second-order valence-electron chi connectivity index (χ2n) is 8.64. The molecular formula is C23H30ClN5O6. The fourth-order valence-electron chi connectivity index (χ4n) is 3.59. The number of nitrogens with zero attached hydrogens (tertiary/aromatic N) is 2. The molecule has 4 rings (SSSR count). The smallest absolute Gasteiger partial charge is 0.330 e. The van der Waals surface area contributed by atoms with Crippen molar-refractivity contribution < 1.29 is 24.5 Å². The average molecular weight is 508 g/mol. The third-order valence-corrected chi connectivity index (χ3v) is 5.45. The molecule has 7 N–H and O–H groups in total. The summed E-state index contributed by atoms with van der Waals surface area (Å²) in [4.78, 5) is 39.0. The summed E-state index contributed by atoms with van der Waals surface area (Å²) in [6.45, 7) is 4.23. The van der Waals surface area contributed by atoms with E-state index in [4.69, 9.17) is 26.4 Å². The summed E-state index contributed by atoms with van der Waals surface area (Å²) in [5.74, 6) is -1.11. The lowest BCUT2D eigenvalue weighted by molar-refractivity contribution is -0.139. The zero-order chi connectivity index (χ0) is 25.0. The van der Waals surface area contributed by atoms with Crippen molar-refractivity contribution in [2.45, 2.75) is 38.3 Å². The van der Waals surface area contributed by atoms with Gasteiger partial charge in [0.05, 0.1) is 11.0 Å². The minimum absolute atomic E-state index is 0. The summed E-state index contributed by atoms with van der Waals surface area (Å²) < 4.78 is 6.68. The molecule has 1 fully saturated rings. The van der Waals surface area contributed by atoms with E-state index in [0.29, 0.717) is 13.1 Å². The number of piperidine rings is 1. The van der Waals surface area contributed by atoms with Crippen molar-refractivity contribution in [2.24, 2.45) is 11.5 Å². The number of halogens is 1. The number of benzene rings is 2. The van der Waals surface area contributed by atoms with E-state index in [1.807, 2.05) is 24.3 Å². The monoisotopic (exact) mass is 507 g/mol. The Hall–Kier alpha value is -3.70. The molecule has 11 nitrogen and oxygen atoms in total. The highest BCUT2D eigenvalue weighted by Crippen LogP contribution is 2.29. The third-order valence-electron chi connectivity index (χ3n) is 5.45. The van der Waals surface area contributed by atoms with E-state index in [0.717, 1.165) is 29.9 Å². The van der Waals surface area contributed by atoms with Gasteiger partial charge in [0.1, 0.15) is 11.3 Å². The van der Waals surface area contributed by atoms with Gasteiger partial charge in [0.25, 0.3) is 0 Å². The van der Waals surface area contributed by atoms with Gasteiger partial charge in [-0.1, -0.05) is 12.1 Å². The van der Waals surface area contributed by atoms with E-state index in [1.165, 1.54) is 26.0 Å². The Morgan fingerprint density at radius 2 is 1.71 bits per heavy atom. The number of aromatic amines is 1. The number of hydrogen-bond acceptors (Lipinski definition) is 7. The zero-order valence-electron chi connectivity index (χ0n) is 19.4. The van der Waals surface area contributed by atoms with Gasteiger partial charge in [-0.3, -0.25) is 4.57 Å². The van der Waals surface area contributed by atoms with Gasteiger partial charge in [-0.15, -0.1) is 12.4 Å². The Bertz CT molecular complexity index is 1240. The minimum atomic E-state index is -1.10. The summed E-state index contributed by atoms with van der Waals surface area (Å²) in [5, 5.41) is 18.2. The number of fused-ring (bicyclic) bond motifs is 1. The summed E-state index contributed by atoms with van der Waals surface area (Å²) in [6.07, 6.45) is 1.51. The molecule has 2 amide bonds. The lowest BCUT2D eigenvalue weighted by Crippen LogP contribution is -2.44. The van der Waals surface area contributed by atoms with Crippen molar-refractivity contribution in [3.05, 3.63) is 52.9 Å². The number of esters is 1. The van der Waals surface area contributed by atoms with Gasteiger partial charge in [-0.2, -0.15) is 0 Å². The van der Waals surface area contributed by atoms with Crippen LogP contribution in [0.15, 0.2) is 47.3 Å². The van der Waals surface area contributed by atoms with E-state index >= 15 is 0 Å². The van der Waals surface area contributed by atoms with Gasteiger partial charge in [-0.05, 0) is 51.0 Å². The van der Waals surface area contributed by atoms with Crippen LogP contribution >= 0.6 is 12.4 Å². The van der Waals surface area contributed by atoms with Crippen molar-refractivity contribution in [2.75, 3.05) is 13.1 Å². The van der Waals surface area contributed by atoms with E-state index < -0.39 is 11.5 Å². The molecule has 1 aliphatic heterocycles. The molecule has 0 radical (unpaired) electrons. The molecule has 2 aromatic carbocycles. The summed E-state index contributed by atoms with van der Waals surface area (Å²) >= 11 is 0. The highest BCUT2D eigenvalue weighted by atomic mass is 35.5. The molecule has 190 valence electrons. The van der Waals surface area contributed by atoms with Crippen molar-refractivity contribution >= 4 is 35.4 Å². The molecule has 0 atom stereocenters. The molecule has 1 saturated heterocycles. The molecule has 0 saturated carbocycles. The number of carbonyl (C=O) groups is 2. The number of H-pyrrole nitrogens is 1. The van der Waals surface area contributed by atoms with E-state index in [-0.39, 0.29) is 47.4 Å². The van der Waals surface area contributed by atoms with Crippen LogP contribution in [0, 0.1) is 0 Å². The largest absolute Gasteiger partial charge is 0.504 e. The maximum absolute atomic E-state index is 12.1. The molecule has 0 unspecified atom stereocenters. The van der Waals surface area contributed by atoms with Crippen molar-refractivity contribution in [1.82, 2.24) is 14.5 Å². The SMILES string of the molecule is CC(C)(N)C(=O)Oc1ccc(O)c(O)c1.Cl.NC(=O)N1CCC(n2c(=O)[nH]c3ccccc32)CC1. The first-order valence-corrected chi connectivity index (χ1v) is 10.7. The van der Waals surface area contributed by atoms with Crippen LogP contribution in [0.2, 0.25) is 0 Å². The highest BCUT2D eigenvalue weighted by Gasteiger charge is 2.25. The first kappa shape index (κ1) is 27.5. The summed E-state index contributed by atoms with van der Waals surface area (Å²) in [6, 6.07) is 11.1. The Morgan fingerprint density at radius 1 is 1.09 bits per heavy atom. The van der Waals surface area contributed by atoms with Crippen LogP contribution in [-0.4, -0.2) is 55.3 Å². The second kappa shape index (κ2) is 11.2. The average Bonchev–Trinajstić information content (AvgIpc) is 3.12. The first-order chi connectivity index (χ1) is 16.0. The second-order valence-corrected chi connectivity index (χ2v) is 8.64. The number of phenolic OH excluding ortho intramolecular Hbond substituents is 2. The normalized spacial score (nSPS) is 14.0. The van der Waals surface area contributed by atoms with Crippen molar-refractivity contribution in [1.29, 1.82) is 0 Å². The lowest BCUT2D eigenvalue weighted by atomic mass is 10.0. The number of nitrogens with two attached hydrogens (primary N) is 2. The molecule has 2 heterocycles. The maximum Gasteiger partial charge on any atom is 0.330 e. The van der Waals surface area contributed by atoms with Gasteiger partial charge in [0.2, 0.25) is 0 Å². The molecule has 0 bridgehead atoms. The number of hydrogen-bond donors (Lipinski definition) is 5. The van der Waals surface area contributed by atoms with E-state index in [9.17, 15) is 14.4 Å². The summed E-state index contributed by atoms with van der Waals surface area (Å²) in [7, 11) is 0. The predicted octanol–water partition coefficient (Wildman–Crippen LogP) is 2.21. The number of phenols is 2. The van der Waals surface area contributed by atoms with Crippen LogP contribution in [0.5, 0.6) is 17.2 Å². The Balaban J connectivity index is 0.000000247. The Morgan fingerprint density at radius 3 is 2.29 bits per heavy atom. The number of likely N-dealkylation sites (tertiary alicyclic amines) is 1. The number of nitrogens with one attached hydrogen (secondary N) is 1. The van der Waals surface area contributed by atoms with Crippen molar-refractivity contribution in [3.8, 4) is 17.2 Å². The standard InChI is InChI=1S/C13H16N4O2.C10H13NO4.ClH/c14-12(18)16-7-5-9(6-8-16)17-11-4-2-1-3-10(11)15-13(17)19;1-10(2,11)9(14)15-6-3-4-7(12)8(13)5-6;/h1-4,9H,5-8H2,(H2,14,18)(H,15,19);3-5,12-13H,11H2,1-2H3;1H. The van der Waals surface area contributed by atoms with Crippen LogP contribution in [0.25, 0.3) is 11.0 Å². The number of urea groups is 1. The van der Waals surface area contributed by atoms with Gasteiger partial charge < -0.3 is 36.3 Å². The molecule has 3 aromatic rings. The van der Waals surface area contributed by atoms with Crippen LogP contribution in [0.3, 0.4) is 0 Å².